The molecule has 1 amide bonds. The number of hydrogen-bond donors (Lipinski definition) is 3. The summed E-state index contributed by atoms with van der Waals surface area (Å²) in [5, 5.41) is 8.06. The number of nitrogens with zero attached hydrogens (tertiary/aromatic N) is 2. The molecule has 21 heavy (non-hydrogen) atoms. The van der Waals surface area contributed by atoms with Crippen molar-refractivity contribution in [2.75, 3.05) is 13.1 Å². The molecule has 6 heteroatoms. The SMILES string of the molecule is CC.CC1=NCC(C)CNC(=O)C2=CNC(C(C)C)N2N1. The molecule has 2 unspecified atom stereocenters. The second-order valence-corrected chi connectivity index (χ2v) is 5.61. The lowest BCUT2D eigenvalue weighted by atomic mass is 10.1. The van der Waals surface area contributed by atoms with Gasteiger partial charge in [0, 0.05) is 19.3 Å². The molecule has 0 aromatic heterocycles. The van der Waals surface area contributed by atoms with Crippen LogP contribution in [0.2, 0.25) is 0 Å². The highest BCUT2D eigenvalue weighted by molar-refractivity contribution is 5.93. The van der Waals surface area contributed by atoms with Gasteiger partial charge in [-0.1, -0.05) is 34.6 Å². The molecule has 2 aliphatic heterocycles. The monoisotopic (exact) mass is 295 g/mol. The van der Waals surface area contributed by atoms with E-state index in [4.69, 9.17) is 0 Å². The molecular formula is C15H29N5O. The summed E-state index contributed by atoms with van der Waals surface area (Å²) in [6.07, 6.45) is 1.83. The van der Waals surface area contributed by atoms with Crippen LogP contribution < -0.4 is 16.1 Å². The van der Waals surface area contributed by atoms with Crippen molar-refractivity contribution in [2.24, 2.45) is 16.8 Å². The fraction of sp³-hybridized carbons (Fsp3) is 0.733. The molecule has 6 nitrogen and oxygen atoms in total. The summed E-state index contributed by atoms with van der Waals surface area (Å²) in [5.74, 6) is 1.48. The number of aliphatic imine (C=N–C) groups is 1. The van der Waals surface area contributed by atoms with Crippen LogP contribution in [0.15, 0.2) is 16.9 Å². The number of nitrogens with one attached hydrogen (secondary N) is 3. The smallest absolute Gasteiger partial charge is 0.271 e. The van der Waals surface area contributed by atoms with Crippen LogP contribution in [0.5, 0.6) is 0 Å². The van der Waals surface area contributed by atoms with Gasteiger partial charge in [0.2, 0.25) is 0 Å². The van der Waals surface area contributed by atoms with E-state index >= 15 is 0 Å². The topological polar surface area (TPSA) is 68.8 Å². The summed E-state index contributed by atoms with van der Waals surface area (Å²) in [5.41, 5.74) is 3.84. The summed E-state index contributed by atoms with van der Waals surface area (Å²) in [6.45, 7) is 13.6. The molecule has 0 fully saturated rings. The Hall–Kier alpha value is -1.72. The summed E-state index contributed by atoms with van der Waals surface area (Å²) in [4.78, 5) is 16.7. The summed E-state index contributed by atoms with van der Waals surface area (Å²) in [6, 6.07) is 0. The van der Waals surface area contributed by atoms with Gasteiger partial charge in [0.1, 0.15) is 17.7 Å². The standard InChI is InChI=1S/C13H23N5O.C2H6/c1-8(2)12-15-7-11-13(19)16-6-9(3)5-14-10(4)17-18(11)12;1-2/h7-9,12,15H,5-6H2,1-4H3,(H,14,17)(H,16,19);1-2H3. The zero-order chi connectivity index (χ0) is 16.0. The first-order valence-corrected chi connectivity index (χ1v) is 7.80. The molecule has 0 aromatic rings. The Morgan fingerprint density at radius 1 is 1.38 bits per heavy atom. The molecule has 0 bridgehead atoms. The van der Waals surface area contributed by atoms with Crippen LogP contribution >= 0.6 is 0 Å². The zero-order valence-electron chi connectivity index (χ0n) is 14.0. The Morgan fingerprint density at radius 2 is 2.05 bits per heavy atom. The van der Waals surface area contributed by atoms with Crippen LogP contribution in [0.3, 0.4) is 0 Å². The van der Waals surface area contributed by atoms with Crippen molar-refractivity contribution in [1.82, 2.24) is 21.1 Å². The highest BCUT2D eigenvalue weighted by atomic mass is 16.2. The Labute approximate surface area is 128 Å². The number of hydrazine groups is 1. The number of rotatable bonds is 1. The van der Waals surface area contributed by atoms with E-state index in [2.05, 4.69) is 41.8 Å². The van der Waals surface area contributed by atoms with Gasteiger partial charge in [-0.15, -0.1) is 0 Å². The lowest BCUT2D eigenvalue weighted by molar-refractivity contribution is -0.119. The predicted molar refractivity (Wildman–Crippen MR) is 86.3 cm³/mol. The second kappa shape index (κ2) is 7.90. The Bertz CT molecular complexity index is 416. The molecule has 3 N–H and O–H groups in total. The van der Waals surface area contributed by atoms with E-state index in [1.165, 1.54) is 0 Å². The normalized spacial score (nSPS) is 25.5. The minimum Gasteiger partial charge on any atom is -0.368 e. The average molecular weight is 295 g/mol. The molecule has 0 spiro atoms. The van der Waals surface area contributed by atoms with Crippen LogP contribution in [0.1, 0.15) is 41.5 Å². The zero-order valence-corrected chi connectivity index (χ0v) is 14.0. The maximum atomic E-state index is 12.2. The van der Waals surface area contributed by atoms with E-state index in [1.807, 2.05) is 25.8 Å². The first-order valence-electron chi connectivity index (χ1n) is 7.80. The first-order chi connectivity index (χ1) is 9.99. The van der Waals surface area contributed by atoms with E-state index < -0.39 is 0 Å². The van der Waals surface area contributed by atoms with Gasteiger partial charge in [0.05, 0.1) is 0 Å². The van der Waals surface area contributed by atoms with Crippen LogP contribution in [-0.4, -0.2) is 36.0 Å². The average Bonchev–Trinajstić information content (AvgIpc) is 2.88. The Kier molecular flexibility index (Phi) is 6.52. The van der Waals surface area contributed by atoms with Crippen molar-refractivity contribution in [2.45, 2.75) is 47.7 Å². The van der Waals surface area contributed by atoms with E-state index in [0.29, 0.717) is 30.6 Å². The number of carbonyl (C=O) groups excluding carboxylic acids is 1. The summed E-state index contributed by atoms with van der Waals surface area (Å²) in [7, 11) is 0. The molecular weight excluding hydrogens is 266 g/mol. The van der Waals surface area contributed by atoms with Crippen LogP contribution in [0.4, 0.5) is 0 Å². The van der Waals surface area contributed by atoms with Crippen molar-refractivity contribution < 1.29 is 4.79 Å². The third-order valence-corrected chi connectivity index (χ3v) is 3.33. The third kappa shape index (κ3) is 4.37. The molecule has 2 rings (SSSR count). The van der Waals surface area contributed by atoms with Gasteiger partial charge in [-0.2, -0.15) is 0 Å². The number of fused-ring (bicyclic) bond motifs is 1. The van der Waals surface area contributed by atoms with Crippen molar-refractivity contribution >= 4 is 11.7 Å². The molecule has 0 saturated carbocycles. The minimum absolute atomic E-state index is 0.0512. The number of hydrogen-bond acceptors (Lipinski definition) is 5. The molecule has 2 atom stereocenters. The van der Waals surface area contributed by atoms with Gasteiger partial charge < -0.3 is 10.6 Å². The number of carbonyl (C=O) groups is 1. The molecule has 0 aliphatic carbocycles. The van der Waals surface area contributed by atoms with Crippen molar-refractivity contribution in [3.63, 3.8) is 0 Å². The Balaban J connectivity index is 0.00000106. The van der Waals surface area contributed by atoms with Gasteiger partial charge in [-0.25, -0.2) is 0 Å². The predicted octanol–water partition coefficient (Wildman–Crippen LogP) is 1.43. The quantitative estimate of drug-likeness (QED) is 0.684. The van der Waals surface area contributed by atoms with E-state index in [1.54, 1.807) is 6.20 Å². The molecule has 2 heterocycles. The molecule has 2 aliphatic rings. The van der Waals surface area contributed by atoms with E-state index in [-0.39, 0.29) is 12.1 Å². The maximum Gasteiger partial charge on any atom is 0.271 e. The number of amidine groups is 1. The van der Waals surface area contributed by atoms with Gasteiger partial charge in [-0.3, -0.25) is 20.2 Å². The van der Waals surface area contributed by atoms with Crippen LogP contribution in [0.25, 0.3) is 0 Å². The van der Waals surface area contributed by atoms with Gasteiger partial charge in [0.25, 0.3) is 5.91 Å². The van der Waals surface area contributed by atoms with E-state index in [0.717, 1.165) is 5.84 Å². The first kappa shape index (κ1) is 17.3. The number of amides is 1. The summed E-state index contributed by atoms with van der Waals surface area (Å²) < 4.78 is 0. The van der Waals surface area contributed by atoms with Gasteiger partial charge in [0.15, 0.2) is 0 Å². The van der Waals surface area contributed by atoms with E-state index in [9.17, 15) is 4.79 Å². The lowest BCUT2D eigenvalue weighted by Crippen LogP contribution is -2.53. The summed E-state index contributed by atoms with van der Waals surface area (Å²) >= 11 is 0. The van der Waals surface area contributed by atoms with Crippen molar-refractivity contribution in [3.05, 3.63) is 11.9 Å². The fourth-order valence-electron chi connectivity index (χ4n) is 2.18. The largest absolute Gasteiger partial charge is 0.368 e. The maximum absolute atomic E-state index is 12.2. The molecule has 0 saturated heterocycles. The minimum atomic E-state index is -0.0512. The second-order valence-electron chi connectivity index (χ2n) is 5.61. The van der Waals surface area contributed by atoms with Crippen molar-refractivity contribution in [1.29, 1.82) is 0 Å². The third-order valence-electron chi connectivity index (χ3n) is 3.33. The highest BCUT2D eigenvalue weighted by Gasteiger charge is 2.32. The molecule has 0 radical (unpaired) electrons. The van der Waals surface area contributed by atoms with Crippen LogP contribution in [0, 0.1) is 11.8 Å². The Morgan fingerprint density at radius 3 is 2.67 bits per heavy atom. The fourth-order valence-corrected chi connectivity index (χ4v) is 2.18. The van der Waals surface area contributed by atoms with Crippen LogP contribution in [-0.2, 0) is 4.79 Å². The molecule has 0 aromatic carbocycles. The van der Waals surface area contributed by atoms with Gasteiger partial charge >= 0.3 is 0 Å². The van der Waals surface area contributed by atoms with Crippen molar-refractivity contribution in [3.8, 4) is 0 Å². The molecule has 120 valence electrons. The highest BCUT2D eigenvalue weighted by Crippen LogP contribution is 2.18. The lowest BCUT2D eigenvalue weighted by Gasteiger charge is -2.32. The van der Waals surface area contributed by atoms with Gasteiger partial charge in [-0.05, 0) is 18.8 Å².